The van der Waals surface area contributed by atoms with E-state index in [-0.39, 0.29) is 35.6 Å². The number of ether oxygens (including phenoxy) is 1. The minimum absolute atomic E-state index is 0. The molecule has 7 heteroatoms. The number of likely N-dealkylation sites (tertiary alicyclic amines) is 1. The molecule has 0 unspecified atom stereocenters. The first-order valence-corrected chi connectivity index (χ1v) is 7.96. The molecule has 2 saturated heterocycles. The van der Waals surface area contributed by atoms with Crippen molar-refractivity contribution >= 4 is 29.9 Å². The van der Waals surface area contributed by atoms with E-state index in [1.54, 1.807) is 0 Å². The molecule has 2 rings (SSSR count). The lowest BCUT2D eigenvalue weighted by Gasteiger charge is -2.44. The Morgan fingerprint density at radius 3 is 2.41 bits per heavy atom. The summed E-state index contributed by atoms with van der Waals surface area (Å²) in [6, 6.07) is 0. The largest absolute Gasteiger partial charge is 0.393 e. The van der Waals surface area contributed by atoms with E-state index in [2.05, 4.69) is 34.2 Å². The number of hydrogen-bond acceptors (Lipinski definition) is 4. The smallest absolute Gasteiger partial charge is 0.193 e. The van der Waals surface area contributed by atoms with Crippen LogP contribution in [0.4, 0.5) is 0 Å². The molecule has 2 aliphatic heterocycles. The summed E-state index contributed by atoms with van der Waals surface area (Å²) in [7, 11) is 6.12. The van der Waals surface area contributed by atoms with Crippen LogP contribution < -0.4 is 5.32 Å². The second kappa shape index (κ2) is 9.24. The lowest BCUT2D eigenvalue weighted by Crippen LogP contribution is -2.58. The number of nitrogens with zero attached hydrogens (tertiary/aromatic N) is 3. The second-order valence-electron chi connectivity index (χ2n) is 6.35. The van der Waals surface area contributed by atoms with Gasteiger partial charge in [0.25, 0.3) is 0 Å². The Bertz CT molecular complexity index is 351. The lowest BCUT2D eigenvalue weighted by molar-refractivity contribution is -0.00540. The quantitative estimate of drug-likeness (QED) is 0.396. The third kappa shape index (κ3) is 4.94. The van der Waals surface area contributed by atoms with Gasteiger partial charge in [-0.25, -0.2) is 0 Å². The standard InChI is InChI=1S/C15H30N4O2.HI/c1-16-14(19-8-4-13(20)5-9-19)17-12-15(18(2)3)6-10-21-11-7-15;/h13,20H,4-12H2,1-3H3,(H,16,17);1H. The van der Waals surface area contributed by atoms with Crippen LogP contribution in [-0.4, -0.2) is 86.5 Å². The van der Waals surface area contributed by atoms with Crippen molar-refractivity contribution in [1.29, 1.82) is 0 Å². The summed E-state index contributed by atoms with van der Waals surface area (Å²) in [4.78, 5) is 8.97. The Labute approximate surface area is 151 Å². The van der Waals surface area contributed by atoms with Crippen LogP contribution in [0.15, 0.2) is 4.99 Å². The number of halogens is 1. The van der Waals surface area contributed by atoms with E-state index in [1.807, 2.05) is 7.05 Å². The summed E-state index contributed by atoms with van der Waals surface area (Å²) in [6.45, 7) is 4.29. The third-order valence-corrected chi connectivity index (χ3v) is 4.92. The fourth-order valence-electron chi connectivity index (χ4n) is 3.19. The van der Waals surface area contributed by atoms with E-state index < -0.39 is 0 Å². The normalized spacial score (nSPS) is 23.3. The van der Waals surface area contributed by atoms with Crippen molar-refractivity contribution in [2.24, 2.45) is 4.99 Å². The van der Waals surface area contributed by atoms with Crippen LogP contribution in [0.2, 0.25) is 0 Å². The molecule has 2 N–H and O–H groups in total. The van der Waals surface area contributed by atoms with Gasteiger partial charge in [0.15, 0.2) is 5.96 Å². The van der Waals surface area contributed by atoms with Gasteiger partial charge in [0.1, 0.15) is 0 Å². The molecule has 0 spiro atoms. The summed E-state index contributed by atoms with van der Waals surface area (Å²) >= 11 is 0. The fourth-order valence-corrected chi connectivity index (χ4v) is 3.19. The second-order valence-corrected chi connectivity index (χ2v) is 6.35. The number of piperidine rings is 1. The van der Waals surface area contributed by atoms with Crippen LogP contribution in [0.1, 0.15) is 25.7 Å². The number of rotatable bonds is 3. The van der Waals surface area contributed by atoms with Crippen LogP contribution in [0, 0.1) is 0 Å². The fraction of sp³-hybridized carbons (Fsp3) is 0.933. The zero-order chi connectivity index (χ0) is 15.3. The number of aliphatic imine (C=N–C) groups is 1. The first kappa shape index (κ1) is 19.9. The first-order valence-electron chi connectivity index (χ1n) is 7.96. The highest BCUT2D eigenvalue weighted by Gasteiger charge is 2.35. The van der Waals surface area contributed by atoms with Crippen LogP contribution in [0.5, 0.6) is 0 Å². The van der Waals surface area contributed by atoms with E-state index in [0.717, 1.165) is 64.5 Å². The van der Waals surface area contributed by atoms with Gasteiger partial charge in [-0.2, -0.15) is 0 Å². The first-order chi connectivity index (χ1) is 10.1. The maximum Gasteiger partial charge on any atom is 0.193 e. The molecule has 0 aromatic heterocycles. The molecule has 0 aliphatic carbocycles. The number of hydrogen-bond donors (Lipinski definition) is 2. The molecule has 0 atom stereocenters. The Morgan fingerprint density at radius 1 is 1.32 bits per heavy atom. The van der Waals surface area contributed by atoms with Crippen molar-refractivity contribution in [3.05, 3.63) is 0 Å². The van der Waals surface area contributed by atoms with Gasteiger partial charge in [0.05, 0.1) is 6.10 Å². The minimum Gasteiger partial charge on any atom is -0.393 e. The van der Waals surface area contributed by atoms with Gasteiger partial charge in [-0.05, 0) is 39.8 Å². The minimum atomic E-state index is -0.150. The summed E-state index contributed by atoms with van der Waals surface area (Å²) in [6.07, 6.45) is 3.59. The molecular formula is C15H31IN4O2. The summed E-state index contributed by atoms with van der Waals surface area (Å²) in [5, 5.41) is 13.2. The molecule has 22 heavy (non-hydrogen) atoms. The van der Waals surface area contributed by atoms with Crippen molar-refractivity contribution in [2.45, 2.75) is 37.3 Å². The molecular weight excluding hydrogens is 395 g/mol. The van der Waals surface area contributed by atoms with E-state index in [0.29, 0.717) is 0 Å². The molecule has 2 aliphatic rings. The molecule has 0 aromatic carbocycles. The zero-order valence-electron chi connectivity index (χ0n) is 14.0. The number of aliphatic hydroxyl groups excluding tert-OH is 1. The Kier molecular flexibility index (Phi) is 8.37. The van der Waals surface area contributed by atoms with Crippen molar-refractivity contribution in [1.82, 2.24) is 15.1 Å². The van der Waals surface area contributed by atoms with Crippen molar-refractivity contribution in [3.63, 3.8) is 0 Å². The van der Waals surface area contributed by atoms with Gasteiger partial charge in [0.2, 0.25) is 0 Å². The Morgan fingerprint density at radius 2 is 1.91 bits per heavy atom. The van der Waals surface area contributed by atoms with Crippen LogP contribution in [0.25, 0.3) is 0 Å². The van der Waals surface area contributed by atoms with E-state index in [9.17, 15) is 5.11 Å². The van der Waals surface area contributed by atoms with Crippen molar-refractivity contribution in [2.75, 3.05) is 54.0 Å². The highest BCUT2D eigenvalue weighted by Crippen LogP contribution is 2.25. The summed E-state index contributed by atoms with van der Waals surface area (Å²) in [5.41, 5.74) is 0.142. The number of nitrogens with one attached hydrogen (secondary N) is 1. The highest BCUT2D eigenvalue weighted by molar-refractivity contribution is 14.0. The summed E-state index contributed by atoms with van der Waals surface area (Å²) in [5.74, 6) is 0.953. The highest BCUT2D eigenvalue weighted by atomic mass is 127. The predicted octanol–water partition coefficient (Wildman–Crippen LogP) is 0.747. The number of aliphatic hydroxyl groups is 1. The lowest BCUT2D eigenvalue weighted by atomic mass is 9.88. The van der Waals surface area contributed by atoms with Crippen molar-refractivity contribution < 1.29 is 9.84 Å². The molecule has 0 aromatic rings. The molecule has 0 bridgehead atoms. The Hall–Kier alpha value is -0.120. The summed E-state index contributed by atoms with van der Waals surface area (Å²) < 4.78 is 5.51. The van der Waals surface area contributed by atoms with Gasteiger partial charge in [-0.3, -0.25) is 4.99 Å². The van der Waals surface area contributed by atoms with Crippen LogP contribution >= 0.6 is 24.0 Å². The van der Waals surface area contributed by atoms with Crippen LogP contribution in [-0.2, 0) is 4.74 Å². The molecule has 2 heterocycles. The van der Waals surface area contributed by atoms with Crippen molar-refractivity contribution in [3.8, 4) is 0 Å². The number of likely N-dealkylation sites (N-methyl/N-ethyl adjacent to an activating group) is 1. The van der Waals surface area contributed by atoms with E-state index in [1.165, 1.54) is 0 Å². The van der Waals surface area contributed by atoms with Gasteiger partial charge in [-0.15, -0.1) is 24.0 Å². The molecule has 2 fully saturated rings. The third-order valence-electron chi connectivity index (χ3n) is 4.92. The van der Waals surface area contributed by atoms with Gasteiger partial charge in [-0.1, -0.05) is 0 Å². The number of guanidine groups is 1. The maximum absolute atomic E-state index is 9.62. The zero-order valence-corrected chi connectivity index (χ0v) is 16.4. The van der Waals surface area contributed by atoms with E-state index >= 15 is 0 Å². The van der Waals surface area contributed by atoms with Gasteiger partial charge >= 0.3 is 0 Å². The van der Waals surface area contributed by atoms with E-state index in [4.69, 9.17) is 4.74 Å². The molecule has 6 nitrogen and oxygen atoms in total. The SMILES string of the molecule is CN=C(NCC1(N(C)C)CCOCC1)N1CCC(O)CC1.I. The Balaban J connectivity index is 0.00000242. The monoisotopic (exact) mass is 426 g/mol. The van der Waals surface area contributed by atoms with Gasteiger partial charge in [0, 0.05) is 45.4 Å². The molecule has 0 radical (unpaired) electrons. The predicted molar refractivity (Wildman–Crippen MR) is 100 cm³/mol. The average Bonchev–Trinajstić information content (AvgIpc) is 2.50. The van der Waals surface area contributed by atoms with Crippen LogP contribution in [0.3, 0.4) is 0 Å². The topological polar surface area (TPSA) is 60.3 Å². The molecule has 0 amide bonds. The molecule has 130 valence electrons. The maximum atomic E-state index is 9.62. The average molecular weight is 426 g/mol. The van der Waals surface area contributed by atoms with Gasteiger partial charge < -0.3 is 25.0 Å². The molecule has 0 saturated carbocycles.